The van der Waals surface area contributed by atoms with Crippen LogP contribution in [-0.2, 0) is 6.42 Å². The van der Waals surface area contributed by atoms with Crippen molar-refractivity contribution in [1.82, 2.24) is 9.97 Å². The van der Waals surface area contributed by atoms with Gasteiger partial charge >= 0.3 is 0 Å². The average Bonchev–Trinajstić information content (AvgIpc) is 2.74. The summed E-state index contributed by atoms with van der Waals surface area (Å²) in [5.41, 5.74) is 26.1. The lowest BCUT2D eigenvalue weighted by Crippen LogP contribution is -2.21. The van der Waals surface area contributed by atoms with Crippen molar-refractivity contribution in [2.75, 3.05) is 18.0 Å². The summed E-state index contributed by atoms with van der Waals surface area (Å²) in [4.78, 5) is 24.7. The van der Waals surface area contributed by atoms with Gasteiger partial charge in [-0.2, -0.15) is 0 Å². The maximum Gasteiger partial charge on any atom is 0.249 e. The Hall–Kier alpha value is -3.94. The number of nitrogens with two attached hydrogens (primary N) is 4. The lowest BCUT2D eigenvalue weighted by atomic mass is 10.0. The van der Waals surface area contributed by atoms with Gasteiger partial charge in [0.15, 0.2) is 11.6 Å². The normalized spacial score (nSPS) is 11.4. The zero-order chi connectivity index (χ0) is 21.5. The number of rotatable bonds is 8. The summed E-state index contributed by atoms with van der Waals surface area (Å²) < 4.78 is 0. The van der Waals surface area contributed by atoms with E-state index in [9.17, 15) is 4.79 Å². The lowest BCUT2D eigenvalue weighted by molar-refractivity contribution is 0.100. The first kappa shape index (κ1) is 20.8. The zero-order valence-electron chi connectivity index (χ0n) is 16.6. The first-order valence-electron chi connectivity index (χ1n) is 9.63. The molecule has 0 unspecified atom stereocenters. The molecule has 0 atom stereocenters. The van der Waals surface area contributed by atoms with Crippen molar-refractivity contribution in [2.45, 2.75) is 19.3 Å². The number of carbonyl (C=O) groups excluding carboxylic acids is 1. The second-order valence-corrected chi connectivity index (χ2v) is 6.81. The highest BCUT2D eigenvalue weighted by Crippen LogP contribution is 2.27. The van der Waals surface area contributed by atoms with E-state index in [4.69, 9.17) is 22.9 Å². The molecule has 8 N–H and O–H groups in total. The van der Waals surface area contributed by atoms with Crippen molar-refractivity contribution in [3.05, 3.63) is 71.4 Å². The number of nitrogen functional groups attached to an aromatic ring is 2. The molecule has 2 aromatic carbocycles. The van der Waals surface area contributed by atoms with Gasteiger partial charge in [-0.1, -0.05) is 48.5 Å². The van der Waals surface area contributed by atoms with Gasteiger partial charge < -0.3 is 22.9 Å². The number of amidine groups is 1. The number of aryl methyl sites for hydroxylation is 1. The number of primary amides is 1. The summed E-state index contributed by atoms with van der Waals surface area (Å²) in [6.45, 7) is 0.539. The molecule has 8 heteroatoms. The lowest BCUT2D eigenvalue weighted by Gasteiger charge is -2.12. The minimum absolute atomic E-state index is 0.0818. The van der Waals surface area contributed by atoms with Crippen LogP contribution in [0.3, 0.4) is 0 Å². The van der Waals surface area contributed by atoms with Crippen LogP contribution in [0.25, 0.3) is 11.3 Å². The third-order valence-electron chi connectivity index (χ3n) is 4.64. The Balaban J connectivity index is 1.76. The predicted octanol–water partition coefficient (Wildman–Crippen LogP) is 2.14. The first-order chi connectivity index (χ1) is 14.5. The molecule has 8 nitrogen and oxygen atoms in total. The highest BCUT2D eigenvalue weighted by Gasteiger charge is 2.18. The predicted molar refractivity (Wildman–Crippen MR) is 120 cm³/mol. The van der Waals surface area contributed by atoms with Crippen LogP contribution in [0.4, 0.5) is 11.6 Å². The number of aromatic nitrogens is 2. The number of nitrogens with zero attached hydrogens (tertiary/aromatic N) is 3. The number of hydrogen-bond acceptors (Lipinski definition) is 6. The maximum atomic E-state index is 11.8. The number of unbranched alkanes of at least 4 members (excludes halogenated alkanes) is 1. The molecule has 1 aromatic heterocycles. The van der Waals surface area contributed by atoms with Gasteiger partial charge in [0.25, 0.3) is 0 Å². The molecular weight excluding hydrogens is 378 g/mol. The number of benzene rings is 2. The van der Waals surface area contributed by atoms with E-state index in [1.165, 1.54) is 5.56 Å². The molecule has 0 saturated carbocycles. The number of anilines is 2. The van der Waals surface area contributed by atoms with Crippen LogP contribution in [0.15, 0.2) is 59.6 Å². The minimum Gasteiger partial charge on any atom is -0.382 e. The van der Waals surface area contributed by atoms with Gasteiger partial charge in [0, 0.05) is 17.7 Å². The van der Waals surface area contributed by atoms with Crippen LogP contribution in [0.2, 0.25) is 0 Å². The van der Waals surface area contributed by atoms with Crippen molar-refractivity contribution >= 4 is 23.4 Å². The number of aliphatic imine (C=N–C) groups is 1. The molecule has 1 amide bonds. The van der Waals surface area contributed by atoms with Crippen molar-refractivity contribution in [1.29, 1.82) is 0 Å². The molecule has 154 valence electrons. The van der Waals surface area contributed by atoms with Gasteiger partial charge in [0.1, 0.15) is 17.2 Å². The topological polar surface area (TPSA) is 159 Å². The highest BCUT2D eigenvalue weighted by molar-refractivity contribution is 6.03. The van der Waals surface area contributed by atoms with Gasteiger partial charge in [-0.25, -0.2) is 9.97 Å². The molecule has 0 aliphatic carbocycles. The molecule has 30 heavy (non-hydrogen) atoms. The SMILES string of the molecule is NC(=O)c1ccccc1-c1nc(C(N)=NCCCCc2ccccc2)c(N)nc1N. The van der Waals surface area contributed by atoms with Crippen molar-refractivity contribution < 1.29 is 4.79 Å². The second kappa shape index (κ2) is 9.51. The smallest absolute Gasteiger partial charge is 0.249 e. The van der Waals surface area contributed by atoms with Gasteiger partial charge in [-0.15, -0.1) is 0 Å². The standard InChI is InChI=1S/C22H25N7O/c23-19(27-13-7-6-10-14-8-2-1-3-9-14)18-21(25)29-20(24)17(28-18)15-11-4-5-12-16(15)22(26)30/h1-5,8-9,11-12H,6-7,10,13H2,(H2,23,27)(H2,26,30)(H4,24,25,29). The van der Waals surface area contributed by atoms with Crippen molar-refractivity contribution in [3.8, 4) is 11.3 Å². The van der Waals surface area contributed by atoms with Gasteiger partial charge in [0.2, 0.25) is 5.91 Å². The molecule has 1 heterocycles. The molecule has 0 bridgehead atoms. The van der Waals surface area contributed by atoms with E-state index in [1.807, 2.05) is 18.2 Å². The molecular formula is C22H25N7O. The van der Waals surface area contributed by atoms with E-state index in [0.29, 0.717) is 12.1 Å². The summed E-state index contributed by atoms with van der Waals surface area (Å²) in [5.74, 6) is -0.248. The molecule has 3 aromatic rings. The molecule has 0 aliphatic rings. The molecule has 3 rings (SSSR count). The molecule has 0 spiro atoms. The van der Waals surface area contributed by atoms with E-state index >= 15 is 0 Å². The molecule has 0 aliphatic heterocycles. The van der Waals surface area contributed by atoms with Crippen LogP contribution in [-0.4, -0.2) is 28.3 Å². The van der Waals surface area contributed by atoms with Gasteiger partial charge in [-0.05, 0) is 30.9 Å². The highest BCUT2D eigenvalue weighted by atomic mass is 16.1. The Bertz CT molecular complexity index is 1060. The fourth-order valence-electron chi connectivity index (χ4n) is 3.11. The largest absolute Gasteiger partial charge is 0.382 e. The quantitative estimate of drug-likeness (QED) is 0.256. The summed E-state index contributed by atoms with van der Waals surface area (Å²) in [6.07, 6.45) is 2.84. The van der Waals surface area contributed by atoms with Crippen molar-refractivity contribution in [2.24, 2.45) is 16.5 Å². The Kier molecular flexibility index (Phi) is 6.59. The van der Waals surface area contributed by atoms with Crippen LogP contribution in [0, 0.1) is 0 Å². The number of hydrogen-bond donors (Lipinski definition) is 4. The Morgan fingerprint density at radius 1 is 0.867 bits per heavy atom. The Morgan fingerprint density at radius 3 is 2.30 bits per heavy atom. The minimum atomic E-state index is -0.592. The van der Waals surface area contributed by atoms with E-state index in [2.05, 4.69) is 27.1 Å². The number of carbonyl (C=O) groups is 1. The molecule has 0 saturated heterocycles. The van der Waals surface area contributed by atoms with E-state index in [0.717, 1.165) is 19.3 Å². The van der Waals surface area contributed by atoms with E-state index < -0.39 is 5.91 Å². The van der Waals surface area contributed by atoms with E-state index in [-0.39, 0.29) is 34.4 Å². The monoisotopic (exact) mass is 403 g/mol. The maximum absolute atomic E-state index is 11.8. The van der Waals surface area contributed by atoms with E-state index in [1.54, 1.807) is 24.3 Å². The Labute approximate surface area is 175 Å². The number of amides is 1. The van der Waals surface area contributed by atoms with Crippen LogP contribution in [0.5, 0.6) is 0 Å². The van der Waals surface area contributed by atoms with Gasteiger partial charge in [0.05, 0.1) is 0 Å². The Morgan fingerprint density at radius 2 is 1.57 bits per heavy atom. The summed E-state index contributed by atoms with van der Waals surface area (Å²) >= 11 is 0. The first-order valence-corrected chi connectivity index (χ1v) is 9.63. The molecule has 0 fully saturated rings. The van der Waals surface area contributed by atoms with Crippen LogP contribution < -0.4 is 22.9 Å². The van der Waals surface area contributed by atoms with Crippen molar-refractivity contribution in [3.63, 3.8) is 0 Å². The zero-order valence-corrected chi connectivity index (χ0v) is 16.6. The van der Waals surface area contributed by atoms with Crippen LogP contribution in [0.1, 0.15) is 34.5 Å². The second-order valence-electron chi connectivity index (χ2n) is 6.81. The fraction of sp³-hybridized carbons (Fsp3) is 0.182. The summed E-state index contributed by atoms with van der Waals surface area (Å²) in [7, 11) is 0. The summed E-state index contributed by atoms with van der Waals surface area (Å²) in [6, 6.07) is 17.0. The van der Waals surface area contributed by atoms with Crippen LogP contribution >= 0.6 is 0 Å². The van der Waals surface area contributed by atoms with Gasteiger partial charge in [-0.3, -0.25) is 9.79 Å². The third kappa shape index (κ3) is 4.91. The third-order valence-corrected chi connectivity index (χ3v) is 4.64. The molecule has 0 radical (unpaired) electrons. The fourth-order valence-corrected chi connectivity index (χ4v) is 3.11. The average molecular weight is 403 g/mol. The summed E-state index contributed by atoms with van der Waals surface area (Å²) in [5, 5.41) is 0.